The summed E-state index contributed by atoms with van der Waals surface area (Å²) in [7, 11) is 0. The zero-order valence-corrected chi connectivity index (χ0v) is 15.9. The van der Waals surface area contributed by atoms with Crippen LogP contribution in [0.4, 0.5) is 5.95 Å². The Bertz CT molecular complexity index is 1250. The summed E-state index contributed by atoms with van der Waals surface area (Å²) in [5.41, 5.74) is 3.54. The SMILES string of the molecule is O=C(Nc1ncn[nH]1)c1ccc2nc(-c3cccs3)c(-c3cccs3)nc2c1. The van der Waals surface area contributed by atoms with E-state index in [4.69, 9.17) is 9.97 Å². The number of rotatable bonds is 4. The standard InChI is InChI=1S/C19H12N6OS2/c26-18(24-19-20-10-21-25-19)11-5-6-12-13(9-11)23-17(15-4-2-8-28-15)16(22-12)14-3-1-7-27-14/h1-10H,(H2,20,21,24,25,26). The number of benzene rings is 1. The van der Waals surface area contributed by atoms with Crippen LogP contribution in [0.1, 0.15) is 10.4 Å². The van der Waals surface area contributed by atoms with E-state index in [9.17, 15) is 4.79 Å². The molecule has 28 heavy (non-hydrogen) atoms. The van der Waals surface area contributed by atoms with Gasteiger partial charge in [0.15, 0.2) is 0 Å². The van der Waals surface area contributed by atoms with E-state index in [1.165, 1.54) is 6.33 Å². The van der Waals surface area contributed by atoms with Gasteiger partial charge in [-0.3, -0.25) is 10.1 Å². The third-order valence-corrected chi connectivity index (χ3v) is 5.84. The molecule has 1 aromatic carbocycles. The molecule has 5 aromatic rings. The molecule has 0 saturated carbocycles. The highest BCUT2D eigenvalue weighted by Crippen LogP contribution is 2.35. The molecule has 1 amide bonds. The van der Waals surface area contributed by atoms with Crippen LogP contribution in [-0.4, -0.2) is 31.1 Å². The van der Waals surface area contributed by atoms with Crippen LogP contribution in [0.25, 0.3) is 32.2 Å². The molecular weight excluding hydrogens is 392 g/mol. The molecule has 0 unspecified atom stereocenters. The molecule has 0 fully saturated rings. The summed E-state index contributed by atoms with van der Waals surface area (Å²) >= 11 is 3.24. The number of amides is 1. The number of carbonyl (C=O) groups is 1. The molecule has 0 bridgehead atoms. The number of aromatic nitrogens is 5. The van der Waals surface area contributed by atoms with Crippen molar-refractivity contribution in [1.82, 2.24) is 25.1 Å². The van der Waals surface area contributed by atoms with E-state index in [0.29, 0.717) is 17.0 Å². The molecule has 0 aliphatic rings. The lowest BCUT2D eigenvalue weighted by Gasteiger charge is -2.09. The van der Waals surface area contributed by atoms with Crippen molar-refractivity contribution in [1.29, 1.82) is 0 Å². The van der Waals surface area contributed by atoms with Gasteiger partial charge in [-0.1, -0.05) is 12.1 Å². The molecule has 0 aliphatic heterocycles. The predicted octanol–water partition coefficient (Wildman–Crippen LogP) is 4.46. The molecule has 9 heteroatoms. The third-order valence-electron chi connectivity index (χ3n) is 4.08. The van der Waals surface area contributed by atoms with Gasteiger partial charge in [0.05, 0.1) is 20.8 Å². The van der Waals surface area contributed by atoms with E-state index < -0.39 is 0 Å². The minimum Gasteiger partial charge on any atom is -0.291 e. The van der Waals surface area contributed by atoms with E-state index in [-0.39, 0.29) is 5.91 Å². The maximum absolute atomic E-state index is 12.5. The maximum atomic E-state index is 12.5. The van der Waals surface area contributed by atoms with Crippen LogP contribution in [0.3, 0.4) is 0 Å². The highest BCUT2D eigenvalue weighted by Gasteiger charge is 2.16. The van der Waals surface area contributed by atoms with Crippen LogP contribution < -0.4 is 5.32 Å². The number of hydrogen-bond donors (Lipinski definition) is 2. The Labute approximate surface area is 167 Å². The molecule has 7 nitrogen and oxygen atoms in total. The molecule has 0 atom stereocenters. The van der Waals surface area contributed by atoms with Gasteiger partial charge in [-0.15, -0.1) is 22.7 Å². The van der Waals surface area contributed by atoms with E-state index >= 15 is 0 Å². The molecule has 136 valence electrons. The summed E-state index contributed by atoms with van der Waals surface area (Å²) in [5, 5.41) is 13.0. The topological polar surface area (TPSA) is 96.5 Å². The molecule has 4 aromatic heterocycles. The van der Waals surface area contributed by atoms with E-state index in [0.717, 1.165) is 26.7 Å². The molecule has 0 saturated heterocycles. The van der Waals surface area contributed by atoms with Gasteiger partial charge >= 0.3 is 0 Å². The highest BCUT2D eigenvalue weighted by molar-refractivity contribution is 7.14. The van der Waals surface area contributed by atoms with Gasteiger partial charge < -0.3 is 0 Å². The fourth-order valence-corrected chi connectivity index (χ4v) is 4.24. The van der Waals surface area contributed by atoms with Gasteiger partial charge in [0.25, 0.3) is 5.91 Å². The number of carbonyl (C=O) groups excluding carboxylic acids is 1. The highest BCUT2D eigenvalue weighted by atomic mass is 32.1. The maximum Gasteiger partial charge on any atom is 0.258 e. The van der Waals surface area contributed by atoms with Crippen molar-refractivity contribution < 1.29 is 4.79 Å². The van der Waals surface area contributed by atoms with Crippen molar-refractivity contribution in [3.8, 4) is 21.1 Å². The second kappa shape index (κ2) is 6.95. The van der Waals surface area contributed by atoms with E-state index in [1.54, 1.807) is 34.8 Å². The van der Waals surface area contributed by atoms with Crippen LogP contribution in [-0.2, 0) is 0 Å². The van der Waals surface area contributed by atoms with Gasteiger partial charge in [0, 0.05) is 5.56 Å². The third kappa shape index (κ3) is 3.06. The predicted molar refractivity (Wildman–Crippen MR) is 110 cm³/mol. The van der Waals surface area contributed by atoms with Crippen LogP contribution in [0.15, 0.2) is 59.6 Å². The fraction of sp³-hybridized carbons (Fsp3) is 0. The smallest absolute Gasteiger partial charge is 0.258 e. The Balaban J connectivity index is 1.61. The van der Waals surface area contributed by atoms with Crippen molar-refractivity contribution >= 4 is 45.6 Å². The van der Waals surface area contributed by atoms with Crippen molar-refractivity contribution in [2.45, 2.75) is 0 Å². The molecule has 5 rings (SSSR count). The first kappa shape index (κ1) is 16.7. The van der Waals surface area contributed by atoms with Gasteiger partial charge in [0.2, 0.25) is 5.95 Å². The average molecular weight is 404 g/mol. The average Bonchev–Trinajstić information content (AvgIpc) is 3.50. The van der Waals surface area contributed by atoms with Crippen molar-refractivity contribution in [2.75, 3.05) is 5.32 Å². The van der Waals surface area contributed by atoms with E-state index in [1.807, 2.05) is 41.1 Å². The second-order valence-corrected chi connectivity index (χ2v) is 7.76. The number of anilines is 1. The van der Waals surface area contributed by atoms with Gasteiger partial charge in [0.1, 0.15) is 17.7 Å². The second-order valence-electron chi connectivity index (χ2n) is 5.87. The number of nitrogens with zero attached hydrogens (tertiary/aromatic N) is 4. The van der Waals surface area contributed by atoms with E-state index in [2.05, 4.69) is 20.5 Å². The molecule has 4 heterocycles. The summed E-state index contributed by atoms with van der Waals surface area (Å²) in [6, 6.07) is 13.3. The first-order chi connectivity index (χ1) is 13.8. The van der Waals surface area contributed by atoms with Crippen LogP contribution >= 0.6 is 22.7 Å². The first-order valence-electron chi connectivity index (χ1n) is 8.34. The van der Waals surface area contributed by atoms with Crippen molar-refractivity contribution in [2.24, 2.45) is 0 Å². The molecule has 0 radical (unpaired) electrons. The summed E-state index contributed by atoms with van der Waals surface area (Å²) in [5.74, 6) is 0.00366. The lowest BCUT2D eigenvalue weighted by atomic mass is 10.1. The molecule has 2 N–H and O–H groups in total. The monoisotopic (exact) mass is 404 g/mol. The number of fused-ring (bicyclic) bond motifs is 1. The Morgan fingerprint density at radius 2 is 1.64 bits per heavy atom. The summed E-state index contributed by atoms with van der Waals surface area (Å²) in [6.45, 7) is 0. The zero-order chi connectivity index (χ0) is 18.9. The van der Waals surface area contributed by atoms with Gasteiger partial charge in [-0.25, -0.2) is 15.1 Å². The largest absolute Gasteiger partial charge is 0.291 e. The lowest BCUT2D eigenvalue weighted by Crippen LogP contribution is -2.13. The Morgan fingerprint density at radius 3 is 2.25 bits per heavy atom. The summed E-state index contributed by atoms with van der Waals surface area (Å²) < 4.78 is 0. The minimum atomic E-state index is -0.291. The first-order valence-corrected chi connectivity index (χ1v) is 10.1. The normalized spacial score (nSPS) is 11.0. The number of nitrogens with one attached hydrogen (secondary N) is 2. The summed E-state index contributed by atoms with van der Waals surface area (Å²) in [4.78, 5) is 28.2. The molecule has 0 spiro atoms. The Hall–Kier alpha value is -3.43. The minimum absolute atomic E-state index is 0.291. The Morgan fingerprint density at radius 1 is 0.929 bits per heavy atom. The number of H-pyrrole nitrogens is 1. The van der Waals surface area contributed by atoms with Gasteiger partial charge in [-0.05, 0) is 41.1 Å². The van der Waals surface area contributed by atoms with Crippen molar-refractivity contribution in [3.63, 3.8) is 0 Å². The summed E-state index contributed by atoms with van der Waals surface area (Å²) in [6.07, 6.45) is 1.33. The number of hydrogen-bond acceptors (Lipinski definition) is 7. The van der Waals surface area contributed by atoms with Gasteiger partial charge in [-0.2, -0.15) is 10.1 Å². The van der Waals surface area contributed by atoms with Crippen molar-refractivity contribution in [3.05, 3.63) is 65.1 Å². The molecular formula is C19H12N6OS2. The van der Waals surface area contributed by atoms with Crippen LogP contribution in [0.2, 0.25) is 0 Å². The van der Waals surface area contributed by atoms with Crippen LogP contribution in [0.5, 0.6) is 0 Å². The lowest BCUT2D eigenvalue weighted by molar-refractivity contribution is 0.102. The fourth-order valence-electron chi connectivity index (χ4n) is 2.81. The zero-order valence-electron chi connectivity index (χ0n) is 14.3. The molecule has 0 aliphatic carbocycles. The number of aromatic amines is 1. The quantitative estimate of drug-likeness (QED) is 0.461. The Kier molecular flexibility index (Phi) is 4.15. The number of thiophene rings is 2. The van der Waals surface area contributed by atoms with Crippen LogP contribution in [0, 0.1) is 0 Å².